The Bertz CT molecular complexity index is 957. The molecular weight excluding hydrogens is 415 g/mol. The maximum absolute atomic E-state index is 5.19. The molecule has 0 atom stereocenters. The fourth-order valence-electron chi connectivity index (χ4n) is 2.62. The van der Waals surface area contributed by atoms with Crippen molar-refractivity contribution in [2.24, 2.45) is 0 Å². The first-order valence-corrected chi connectivity index (χ1v) is 8.61. The predicted molar refractivity (Wildman–Crippen MR) is 104 cm³/mol. The Hall–Kier alpha value is -2.35. The van der Waals surface area contributed by atoms with Gasteiger partial charge in [-0.2, -0.15) is 0 Å². The van der Waals surface area contributed by atoms with Crippen molar-refractivity contribution in [3.63, 3.8) is 0 Å². The minimum absolute atomic E-state index is 0.694. The molecule has 0 spiro atoms. The molecule has 6 heteroatoms. The average molecular weight is 430 g/mol. The zero-order valence-corrected chi connectivity index (χ0v) is 15.2. The second kappa shape index (κ2) is 6.27. The third-order valence-corrected chi connectivity index (χ3v) is 4.79. The molecule has 0 amide bonds. The third-order valence-electron chi connectivity index (χ3n) is 3.97. The van der Waals surface area contributed by atoms with Crippen molar-refractivity contribution in [3.05, 3.63) is 64.2 Å². The highest BCUT2D eigenvalue weighted by atomic mass is 127. The smallest absolute Gasteiger partial charge is 0.151 e. The maximum Gasteiger partial charge on any atom is 0.151 e. The van der Waals surface area contributed by atoms with Crippen molar-refractivity contribution in [1.82, 2.24) is 14.5 Å². The topological polar surface area (TPSA) is 52.0 Å². The zero-order valence-electron chi connectivity index (χ0n) is 13.0. The Morgan fingerprint density at radius 2 is 2.00 bits per heavy atom. The lowest BCUT2D eigenvalue weighted by Gasteiger charge is -2.11. The number of hydrogen-bond acceptors (Lipinski definition) is 4. The van der Waals surface area contributed by atoms with E-state index >= 15 is 0 Å². The zero-order chi connectivity index (χ0) is 16.5. The minimum atomic E-state index is 0.694. The molecule has 24 heavy (non-hydrogen) atoms. The summed E-state index contributed by atoms with van der Waals surface area (Å²) in [5.74, 6) is 1.71. The summed E-state index contributed by atoms with van der Waals surface area (Å²) in [5.41, 5.74) is 3.23. The second-order valence-electron chi connectivity index (χ2n) is 5.42. The number of rotatable bonds is 5. The highest BCUT2D eigenvalue weighted by Gasteiger charge is 2.15. The van der Waals surface area contributed by atoms with E-state index in [1.807, 2.05) is 30.3 Å². The van der Waals surface area contributed by atoms with Crippen LogP contribution in [0.15, 0.2) is 55.0 Å². The number of fused-ring (bicyclic) bond motifs is 1. The van der Waals surface area contributed by atoms with Crippen LogP contribution in [-0.4, -0.2) is 21.6 Å². The Kier molecular flexibility index (Phi) is 3.97. The first-order valence-electron chi connectivity index (χ1n) is 7.53. The lowest BCUT2D eigenvalue weighted by atomic mass is 10.2. The minimum Gasteiger partial charge on any atom is -0.497 e. The van der Waals surface area contributed by atoms with E-state index in [2.05, 4.69) is 60.8 Å². The normalized spacial score (nSPS) is 12.8. The van der Waals surface area contributed by atoms with E-state index in [1.54, 1.807) is 13.4 Å². The van der Waals surface area contributed by atoms with Crippen molar-refractivity contribution < 1.29 is 4.74 Å². The molecule has 1 aliphatic rings. The van der Waals surface area contributed by atoms with Crippen LogP contribution in [-0.2, 0) is 6.54 Å². The van der Waals surface area contributed by atoms with Crippen LogP contribution in [0.5, 0.6) is 5.75 Å². The van der Waals surface area contributed by atoms with E-state index in [1.165, 1.54) is 5.56 Å². The van der Waals surface area contributed by atoms with Crippen molar-refractivity contribution in [1.29, 1.82) is 0 Å². The van der Waals surface area contributed by atoms with E-state index in [-0.39, 0.29) is 0 Å². The number of benzene rings is 1. The van der Waals surface area contributed by atoms with Gasteiger partial charge in [0.1, 0.15) is 17.9 Å². The Morgan fingerprint density at radius 3 is 2.67 bits per heavy atom. The van der Waals surface area contributed by atoms with Crippen LogP contribution < -0.4 is 10.1 Å². The summed E-state index contributed by atoms with van der Waals surface area (Å²) < 4.78 is 8.41. The molecule has 1 aromatic carbocycles. The molecule has 120 valence electrons. The van der Waals surface area contributed by atoms with Crippen molar-refractivity contribution in [3.8, 4) is 5.75 Å². The summed E-state index contributed by atoms with van der Waals surface area (Å²) in [7, 11) is 1.67. The number of hydrogen-bond donors (Lipinski definition) is 1. The van der Waals surface area contributed by atoms with Gasteiger partial charge in [-0.15, -0.1) is 0 Å². The van der Waals surface area contributed by atoms with Crippen LogP contribution in [0, 0.1) is 3.57 Å². The monoisotopic (exact) mass is 430 g/mol. The van der Waals surface area contributed by atoms with Gasteiger partial charge < -0.3 is 14.6 Å². The number of anilines is 1. The van der Waals surface area contributed by atoms with Crippen LogP contribution in [0.4, 0.5) is 5.82 Å². The van der Waals surface area contributed by atoms with E-state index in [0.717, 1.165) is 31.9 Å². The number of aromatic nitrogens is 3. The van der Waals surface area contributed by atoms with E-state index in [0.29, 0.717) is 6.54 Å². The van der Waals surface area contributed by atoms with Gasteiger partial charge in [0, 0.05) is 22.0 Å². The van der Waals surface area contributed by atoms with Gasteiger partial charge in [-0.3, -0.25) is 0 Å². The Morgan fingerprint density at radius 1 is 1.21 bits per heavy atom. The molecule has 0 bridgehead atoms. The average Bonchev–Trinajstić information content (AvgIpc) is 2.89. The fourth-order valence-corrected chi connectivity index (χ4v) is 3.40. The summed E-state index contributed by atoms with van der Waals surface area (Å²) in [4.78, 5) is 8.89. The SMILES string of the molecule is COc1ccc(CNc2ncnc3c2c(I)cn3C2=CC=C2)cc1. The molecule has 0 unspecified atom stereocenters. The van der Waals surface area contributed by atoms with Gasteiger partial charge in [0.05, 0.1) is 12.5 Å². The standard InChI is InChI=1S/C18H15IN4O/c1-24-14-7-5-12(6-8-14)9-20-17-16-15(19)10-23(13-3-2-4-13)18(16)22-11-21-17/h2-8,10-11H,9H2,1H3,(H,20,21,22). The summed E-state index contributed by atoms with van der Waals surface area (Å²) in [6.07, 6.45) is 9.87. The van der Waals surface area contributed by atoms with Gasteiger partial charge in [0.25, 0.3) is 0 Å². The number of allylic oxidation sites excluding steroid dienone is 4. The molecule has 1 N–H and O–H groups in total. The van der Waals surface area contributed by atoms with Crippen LogP contribution in [0.1, 0.15) is 5.56 Å². The van der Waals surface area contributed by atoms with Gasteiger partial charge >= 0.3 is 0 Å². The molecule has 0 saturated carbocycles. The summed E-state index contributed by atoms with van der Waals surface area (Å²) in [5, 5.41) is 4.47. The van der Waals surface area contributed by atoms with Crippen molar-refractivity contribution in [2.75, 3.05) is 12.4 Å². The molecule has 0 fully saturated rings. The molecule has 1 aliphatic carbocycles. The lowest BCUT2D eigenvalue weighted by molar-refractivity contribution is 0.414. The highest BCUT2D eigenvalue weighted by molar-refractivity contribution is 14.1. The Balaban J connectivity index is 1.63. The summed E-state index contributed by atoms with van der Waals surface area (Å²) in [6, 6.07) is 8.01. The molecule has 2 heterocycles. The second-order valence-corrected chi connectivity index (χ2v) is 6.58. The number of nitrogens with zero attached hydrogens (tertiary/aromatic N) is 3. The molecule has 0 saturated heterocycles. The molecule has 5 nitrogen and oxygen atoms in total. The van der Waals surface area contributed by atoms with E-state index in [4.69, 9.17) is 4.74 Å². The van der Waals surface area contributed by atoms with Crippen LogP contribution in [0.2, 0.25) is 0 Å². The van der Waals surface area contributed by atoms with Crippen molar-refractivity contribution in [2.45, 2.75) is 6.54 Å². The quantitative estimate of drug-likeness (QED) is 0.621. The van der Waals surface area contributed by atoms with E-state index in [9.17, 15) is 0 Å². The number of ether oxygens (including phenoxy) is 1. The largest absolute Gasteiger partial charge is 0.497 e. The summed E-state index contributed by atoms with van der Waals surface area (Å²) >= 11 is 2.33. The van der Waals surface area contributed by atoms with Crippen LogP contribution in [0.3, 0.4) is 0 Å². The number of methoxy groups -OCH3 is 1. The van der Waals surface area contributed by atoms with Gasteiger partial charge in [-0.05, 0) is 52.4 Å². The lowest BCUT2D eigenvalue weighted by Crippen LogP contribution is -2.03. The van der Waals surface area contributed by atoms with Crippen LogP contribution in [0.25, 0.3) is 16.7 Å². The number of nitrogens with one attached hydrogen (secondary N) is 1. The molecule has 2 aromatic heterocycles. The van der Waals surface area contributed by atoms with Gasteiger partial charge in [0.2, 0.25) is 0 Å². The van der Waals surface area contributed by atoms with Crippen LogP contribution >= 0.6 is 22.6 Å². The molecule has 0 aliphatic heterocycles. The predicted octanol–water partition coefficient (Wildman–Crippen LogP) is 4.07. The molecule has 3 aromatic rings. The first kappa shape index (κ1) is 15.2. The third kappa shape index (κ3) is 2.66. The van der Waals surface area contributed by atoms with Gasteiger partial charge in [0.15, 0.2) is 5.65 Å². The highest BCUT2D eigenvalue weighted by Crippen LogP contribution is 2.30. The molecule has 0 radical (unpaired) electrons. The van der Waals surface area contributed by atoms with Crippen molar-refractivity contribution >= 4 is 45.1 Å². The Labute approximate surface area is 153 Å². The molecular formula is C18H15IN4O. The number of halogens is 1. The van der Waals surface area contributed by atoms with Gasteiger partial charge in [-0.25, -0.2) is 9.97 Å². The fraction of sp³-hybridized carbons (Fsp3) is 0.111. The summed E-state index contributed by atoms with van der Waals surface area (Å²) in [6.45, 7) is 0.694. The first-order chi connectivity index (χ1) is 11.8. The van der Waals surface area contributed by atoms with Gasteiger partial charge in [-0.1, -0.05) is 18.2 Å². The maximum atomic E-state index is 5.19. The molecule has 4 rings (SSSR count). The van der Waals surface area contributed by atoms with E-state index < -0.39 is 0 Å².